The zero-order chi connectivity index (χ0) is 19.9. The fourth-order valence-corrected chi connectivity index (χ4v) is 3.30. The normalized spacial score (nSPS) is 16.4. The van der Waals surface area contributed by atoms with Crippen LogP contribution in [0.25, 0.3) is 0 Å². The summed E-state index contributed by atoms with van der Waals surface area (Å²) >= 11 is 0. The van der Waals surface area contributed by atoms with E-state index in [1.807, 2.05) is 4.90 Å². The quantitative estimate of drug-likeness (QED) is 0.829. The van der Waals surface area contributed by atoms with Gasteiger partial charge in [-0.3, -0.25) is 9.59 Å². The minimum absolute atomic E-state index is 0.0499. The Kier molecular flexibility index (Phi) is 6.53. The number of carbonyl (C=O) groups excluding carboxylic acids is 2. The monoisotopic (exact) mass is 382 g/mol. The number of nitrogens with one attached hydrogen (secondary N) is 1. The molecule has 2 aromatic rings. The van der Waals surface area contributed by atoms with Gasteiger partial charge in [0.05, 0.1) is 7.11 Å². The number of methoxy groups -OCH3 is 1. The van der Waals surface area contributed by atoms with Gasteiger partial charge in [0.2, 0.25) is 0 Å². The first-order valence-corrected chi connectivity index (χ1v) is 9.51. The van der Waals surface area contributed by atoms with Crippen molar-refractivity contribution in [3.05, 3.63) is 54.1 Å². The van der Waals surface area contributed by atoms with Gasteiger partial charge in [-0.25, -0.2) is 0 Å². The summed E-state index contributed by atoms with van der Waals surface area (Å²) in [4.78, 5) is 26.6. The predicted molar refractivity (Wildman–Crippen MR) is 108 cm³/mol. The molecule has 2 amide bonds. The summed E-state index contributed by atoms with van der Waals surface area (Å²) in [6.45, 7) is 3.68. The standard InChI is InChI=1S/C22H26N2O4/c1-16-5-4-12-24(14-16)22(26)17-8-10-19(11-9-17)28-15-21(25)23-18-6-3-7-20(13-18)27-2/h3,6-11,13,16H,4-5,12,14-15H2,1-2H3,(H,23,25). The van der Waals surface area contributed by atoms with Crippen LogP contribution in [0.4, 0.5) is 5.69 Å². The number of piperidine rings is 1. The van der Waals surface area contributed by atoms with Crippen LogP contribution in [0.1, 0.15) is 30.1 Å². The van der Waals surface area contributed by atoms with E-state index >= 15 is 0 Å². The first-order chi connectivity index (χ1) is 13.5. The summed E-state index contributed by atoms with van der Waals surface area (Å²) in [5.74, 6) is 1.54. The summed E-state index contributed by atoms with van der Waals surface area (Å²) < 4.78 is 10.7. The second-order valence-corrected chi connectivity index (χ2v) is 7.09. The minimum Gasteiger partial charge on any atom is -0.497 e. The molecule has 3 rings (SSSR count). The van der Waals surface area contributed by atoms with Gasteiger partial charge in [-0.1, -0.05) is 13.0 Å². The van der Waals surface area contributed by atoms with Gasteiger partial charge in [0, 0.05) is 30.4 Å². The SMILES string of the molecule is COc1cccc(NC(=O)COc2ccc(C(=O)N3CCCC(C)C3)cc2)c1. The Bertz CT molecular complexity index is 820. The second-order valence-electron chi connectivity index (χ2n) is 7.09. The van der Waals surface area contributed by atoms with Gasteiger partial charge in [0.15, 0.2) is 6.61 Å². The first kappa shape index (κ1) is 19.7. The number of carbonyl (C=O) groups is 2. The Morgan fingerprint density at radius 2 is 1.93 bits per heavy atom. The van der Waals surface area contributed by atoms with Gasteiger partial charge in [0.25, 0.3) is 11.8 Å². The number of hydrogen-bond acceptors (Lipinski definition) is 4. The average molecular weight is 382 g/mol. The fourth-order valence-electron chi connectivity index (χ4n) is 3.30. The van der Waals surface area contributed by atoms with E-state index in [2.05, 4.69) is 12.2 Å². The van der Waals surface area contributed by atoms with E-state index in [0.29, 0.717) is 28.7 Å². The highest BCUT2D eigenvalue weighted by atomic mass is 16.5. The predicted octanol–water partition coefficient (Wildman–Crippen LogP) is 3.58. The van der Waals surface area contributed by atoms with E-state index in [-0.39, 0.29) is 18.4 Å². The highest BCUT2D eigenvalue weighted by molar-refractivity contribution is 5.94. The fraction of sp³-hybridized carbons (Fsp3) is 0.364. The zero-order valence-electron chi connectivity index (χ0n) is 16.3. The molecule has 2 aromatic carbocycles. The van der Waals surface area contributed by atoms with Gasteiger partial charge in [-0.2, -0.15) is 0 Å². The van der Waals surface area contributed by atoms with Crippen molar-refractivity contribution in [1.82, 2.24) is 4.90 Å². The molecular formula is C22H26N2O4. The van der Waals surface area contributed by atoms with Gasteiger partial charge in [-0.05, 0) is 55.2 Å². The molecule has 0 aromatic heterocycles. The molecule has 0 aliphatic carbocycles. The van der Waals surface area contributed by atoms with Crippen LogP contribution in [0.2, 0.25) is 0 Å². The van der Waals surface area contributed by atoms with Gasteiger partial charge in [-0.15, -0.1) is 0 Å². The Hall–Kier alpha value is -3.02. The molecule has 28 heavy (non-hydrogen) atoms. The maximum Gasteiger partial charge on any atom is 0.262 e. The van der Waals surface area contributed by atoms with Crippen LogP contribution in [0.15, 0.2) is 48.5 Å². The summed E-state index contributed by atoms with van der Waals surface area (Å²) in [6, 6.07) is 14.1. The van der Waals surface area contributed by atoms with Gasteiger partial charge in [0.1, 0.15) is 11.5 Å². The molecule has 6 nitrogen and oxygen atoms in total. The average Bonchev–Trinajstić information content (AvgIpc) is 2.72. The topological polar surface area (TPSA) is 67.9 Å². The van der Waals surface area contributed by atoms with Crippen molar-refractivity contribution < 1.29 is 19.1 Å². The Labute approximate surface area is 165 Å². The Balaban J connectivity index is 1.51. The molecule has 1 saturated heterocycles. The van der Waals surface area contributed by atoms with Crippen molar-refractivity contribution in [3.63, 3.8) is 0 Å². The molecule has 1 atom stereocenters. The molecule has 1 fully saturated rings. The number of rotatable bonds is 6. The molecule has 0 radical (unpaired) electrons. The van der Waals surface area contributed by atoms with Crippen molar-refractivity contribution in [2.24, 2.45) is 5.92 Å². The van der Waals surface area contributed by atoms with Crippen LogP contribution in [0.3, 0.4) is 0 Å². The molecule has 1 aliphatic heterocycles. The molecule has 1 aliphatic rings. The molecule has 0 spiro atoms. The Morgan fingerprint density at radius 1 is 1.14 bits per heavy atom. The molecule has 1 N–H and O–H groups in total. The van der Waals surface area contributed by atoms with E-state index in [1.54, 1.807) is 55.6 Å². The molecule has 0 saturated carbocycles. The summed E-state index contributed by atoms with van der Waals surface area (Å²) in [5, 5.41) is 2.76. The lowest BCUT2D eigenvalue weighted by Crippen LogP contribution is -2.39. The van der Waals surface area contributed by atoms with Crippen molar-refractivity contribution in [1.29, 1.82) is 0 Å². The van der Waals surface area contributed by atoms with Crippen LogP contribution in [0, 0.1) is 5.92 Å². The van der Waals surface area contributed by atoms with E-state index < -0.39 is 0 Å². The smallest absolute Gasteiger partial charge is 0.262 e. The Morgan fingerprint density at radius 3 is 2.64 bits per heavy atom. The third kappa shape index (κ3) is 5.25. The lowest BCUT2D eigenvalue weighted by Gasteiger charge is -2.31. The van der Waals surface area contributed by atoms with Crippen LogP contribution >= 0.6 is 0 Å². The number of ether oxygens (including phenoxy) is 2. The highest BCUT2D eigenvalue weighted by Crippen LogP contribution is 2.20. The first-order valence-electron chi connectivity index (χ1n) is 9.51. The summed E-state index contributed by atoms with van der Waals surface area (Å²) in [7, 11) is 1.57. The lowest BCUT2D eigenvalue weighted by molar-refractivity contribution is -0.118. The van der Waals surface area contributed by atoms with Crippen molar-refractivity contribution in [3.8, 4) is 11.5 Å². The lowest BCUT2D eigenvalue weighted by atomic mass is 9.99. The number of benzene rings is 2. The van der Waals surface area contributed by atoms with Crippen LogP contribution in [-0.4, -0.2) is 43.5 Å². The largest absolute Gasteiger partial charge is 0.497 e. The summed E-state index contributed by atoms with van der Waals surface area (Å²) in [5.41, 5.74) is 1.28. The van der Waals surface area contributed by atoms with Crippen molar-refractivity contribution in [2.75, 3.05) is 32.1 Å². The molecular weight excluding hydrogens is 356 g/mol. The van der Waals surface area contributed by atoms with E-state index in [4.69, 9.17) is 9.47 Å². The number of likely N-dealkylation sites (tertiary alicyclic amines) is 1. The van der Waals surface area contributed by atoms with Crippen molar-refractivity contribution in [2.45, 2.75) is 19.8 Å². The maximum absolute atomic E-state index is 12.6. The van der Waals surface area contributed by atoms with Gasteiger partial charge < -0.3 is 19.7 Å². The maximum atomic E-state index is 12.6. The van der Waals surface area contributed by atoms with E-state index in [9.17, 15) is 9.59 Å². The van der Waals surface area contributed by atoms with Crippen molar-refractivity contribution >= 4 is 17.5 Å². The van der Waals surface area contributed by atoms with Crippen LogP contribution in [0.5, 0.6) is 11.5 Å². The van der Waals surface area contributed by atoms with E-state index in [1.165, 1.54) is 6.42 Å². The molecule has 1 unspecified atom stereocenters. The zero-order valence-corrected chi connectivity index (χ0v) is 16.3. The third-order valence-corrected chi connectivity index (χ3v) is 4.77. The molecule has 1 heterocycles. The number of anilines is 1. The molecule has 0 bridgehead atoms. The van der Waals surface area contributed by atoms with Crippen LogP contribution in [-0.2, 0) is 4.79 Å². The van der Waals surface area contributed by atoms with Gasteiger partial charge >= 0.3 is 0 Å². The molecule has 6 heteroatoms. The summed E-state index contributed by atoms with van der Waals surface area (Å²) in [6.07, 6.45) is 2.23. The van der Waals surface area contributed by atoms with Crippen LogP contribution < -0.4 is 14.8 Å². The molecule has 148 valence electrons. The highest BCUT2D eigenvalue weighted by Gasteiger charge is 2.21. The minimum atomic E-state index is -0.268. The number of amides is 2. The number of nitrogens with zero attached hydrogens (tertiary/aromatic N) is 1. The third-order valence-electron chi connectivity index (χ3n) is 4.77. The second kappa shape index (κ2) is 9.26. The number of hydrogen-bond donors (Lipinski definition) is 1. The van der Waals surface area contributed by atoms with E-state index in [0.717, 1.165) is 19.5 Å².